The largest absolute Gasteiger partial charge is 0.348 e. The molecule has 29 heavy (non-hydrogen) atoms. The first-order valence-corrected chi connectivity index (χ1v) is 12.6. The molecule has 0 aliphatic carbocycles. The van der Waals surface area contributed by atoms with Crippen LogP contribution in [0.15, 0.2) is 57.2 Å². The fourth-order valence-corrected chi connectivity index (χ4v) is 6.72. The maximum absolute atomic E-state index is 13.7. The Morgan fingerprint density at radius 3 is 2.62 bits per heavy atom. The first kappa shape index (κ1) is 20.8. The van der Waals surface area contributed by atoms with E-state index in [0.29, 0.717) is 42.1 Å². The molecule has 0 amide bonds. The van der Waals surface area contributed by atoms with Gasteiger partial charge in [-0.1, -0.05) is 39.7 Å². The molecule has 4 nitrogen and oxygen atoms in total. The number of benzene rings is 2. The molecule has 4 rings (SSSR count). The van der Waals surface area contributed by atoms with Crippen molar-refractivity contribution in [1.82, 2.24) is 4.98 Å². The van der Waals surface area contributed by atoms with Crippen LogP contribution in [0.5, 0.6) is 0 Å². The molecule has 0 bridgehead atoms. The second-order valence-corrected chi connectivity index (χ2v) is 11.2. The first-order valence-electron chi connectivity index (χ1n) is 9.00. The lowest BCUT2D eigenvalue weighted by atomic mass is 10.1. The molecular weight excluding hydrogens is 499 g/mol. The average Bonchev–Trinajstić information content (AvgIpc) is 3.20. The summed E-state index contributed by atoms with van der Waals surface area (Å²) in [6.07, 6.45) is 1.08. The number of nitrogens with zero attached hydrogens (tertiary/aromatic N) is 2. The van der Waals surface area contributed by atoms with Crippen LogP contribution in [0.2, 0.25) is 5.02 Å². The summed E-state index contributed by atoms with van der Waals surface area (Å²) >= 11 is 10.6. The zero-order chi connectivity index (χ0) is 20.6. The summed E-state index contributed by atoms with van der Waals surface area (Å²) in [5.41, 5.74) is 1.35. The molecule has 0 spiro atoms. The van der Waals surface area contributed by atoms with Crippen molar-refractivity contribution in [3.05, 3.63) is 63.2 Å². The van der Waals surface area contributed by atoms with Gasteiger partial charge in [0.15, 0.2) is 15.0 Å². The van der Waals surface area contributed by atoms with E-state index in [0.717, 1.165) is 9.60 Å². The predicted molar refractivity (Wildman–Crippen MR) is 119 cm³/mol. The van der Waals surface area contributed by atoms with Crippen LogP contribution in [-0.4, -0.2) is 31.7 Å². The maximum atomic E-state index is 13.7. The van der Waals surface area contributed by atoms with Gasteiger partial charge in [0.1, 0.15) is 5.82 Å². The Bertz CT molecular complexity index is 1140. The number of anilines is 1. The first-order chi connectivity index (χ1) is 13.8. The van der Waals surface area contributed by atoms with Crippen LogP contribution in [-0.2, 0) is 9.84 Å². The number of hydrogen-bond acceptors (Lipinski definition) is 5. The molecule has 2 aromatic carbocycles. The van der Waals surface area contributed by atoms with Crippen LogP contribution in [0.25, 0.3) is 11.3 Å². The molecule has 9 heteroatoms. The highest BCUT2D eigenvalue weighted by atomic mass is 79.9. The van der Waals surface area contributed by atoms with E-state index in [4.69, 9.17) is 11.6 Å². The highest BCUT2D eigenvalue weighted by Gasteiger charge is 2.32. The van der Waals surface area contributed by atoms with Crippen molar-refractivity contribution in [2.45, 2.75) is 23.0 Å². The lowest BCUT2D eigenvalue weighted by Gasteiger charge is -2.31. The minimum absolute atomic E-state index is 0.0814. The van der Waals surface area contributed by atoms with Crippen LogP contribution in [0.1, 0.15) is 12.8 Å². The van der Waals surface area contributed by atoms with Gasteiger partial charge < -0.3 is 4.90 Å². The molecule has 1 aliphatic rings. The molecule has 152 valence electrons. The van der Waals surface area contributed by atoms with Crippen molar-refractivity contribution < 1.29 is 12.8 Å². The molecule has 3 aromatic rings. The fraction of sp³-hybridized carbons (Fsp3) is 0.250. The molecule has 2 heterocycles. The minimum atomic E-state index is -3.36. The SMILES string of the molecule is O=S(=O)(c1cccc(Br)c1)C1CCN(c2nc(-c3ccc(Cl)c(F)c3)cs2)CC1. The van der Waals surface area contributed by atoms with Gasteiger partial charge in [-0.2, -0.15) is 0 Å². The number of halogens is 3. The van der Waals surface area contributed by atoms with E-state index in [1.165, 1.54) is 23.5 Å². The van der Waals surface area contributed by atoms with Crippen LogP contribution in [0.4, 0.5) is 9.52 Å². The summed E-state index contributed by atoms with van der Waals surface area (Å²) in [5.74, 6) is -0.475. The van der Waals surface area contributed by atoms with Crippen molar-refractivity contribution in [1.29, 1.82) is 0 Å². The minimum Gasteiger partial charge on any atom is -0.348 e. The standard InChI is InChI=1S/C20H17BrClFN2O2S2/c21-14-2-1-3-16(11-14)29(26,27)15-6-8-25(9-7-15)20-24-19(12-28-20)13-4-5-17(22)18(23)10-13/h1-5,10-12,15H,6-9H2. The topological polar surface area (TPSA) is 50.3 Å². The quantitative estimate of drug-likeness (QED) is 0.440. The summed E-state index contributed by atoms with van der Waals surface area (Å²) in [6.45, 7) is 1.22. The molecule has 0 N–H and O–H groups in total. The van der Waals surface area contributed by atoms with E-state index < -0.39 is 20.9 Å². The number of hydrogen-bond donors (Lipinski definition) is 0. The van der Waals surface area contributed by atoms with Crippen LogP contribution >= 0.6 is 38.9 Å². The Balaban J connectivity index is 1.46. The molecule has 1 aromatic heterocycles. The van der Waals surface area contributed by atoms with Gasteiger partial charge in [-0.15, -0.1) is 11.3 Å². The van der Waals surface area contributed by atoms with Crippen LogP contribution in [0, 0.1) is 5.82 Å². The average molecular weight is 516 g/mol. The van der Waals surface area contributed by atoms with E-state index >= 15 is 0 Å². The van der Waals surface area contributed by atoms with Crippen molar-refractivity contribution in [2.24, 2.45) is 0 Å². The highest BCUT2D eigenvalue weighted by Crippen LogP contribution is 2.33. The highest BCUT2D eigenvalue weighted by molar-refractivity contribution is 9.10. The van der Waals surface area contributed by atoms with Gasteiger partial charge in [-0.25, -0.2) is 17.8 Å². The summed E-state index contributed by atoms with van der Waals surface area (Å²) in [5, 5.41) is 2.37. The molecule has 1 saturated heterocycles. The van der Waals surface area contributed by atoms with Crippen molar-refractivity contribution >= 4 is 53.8 Å². The molecule has 0 unspecified atom stereocenters. The van der Waals surface area contributed by atoms with E-state index in [1.54, 1.807) is 24.3 Å². The number of rotatable bonds is 4. The third kappa shape index (κ3) is 4.35. The Labute approximate surface area is 186 Å². The molecule has 0 radical (unpaired) electrons. The Morgan fingerprint density at radius 2 is 1.93 bits per heavy atom. The summed E-state index contributed by atoms with van der Waals surface area (Å²) in [6, 6.07) is 11.5. The van der Waals surface area contributed by atoms with Crippen molar-refractivity contribution in [2.75, 3.05) is 18.0 Å². The van der Waals surface area contributed by atoms with Gasteiger partial charge in [-0.05, 0) is 43.2 Å². The Morgan fingerprint density at radius 1 is 1.17 bits per heavy atom. The van der Waals surface area contributed by atoms with E-state index in [9.17, 15) is 12.8 Å². The Hall–Kier alpha value is -1.48. The zero-order valence-electron chi connectivity index (χ0n) is 15.2. The van der Waals surface area contributed by atoms with Gasteiger partial charge in [0, 0.05) is 28.5 Å². The monoisotopic (exact) mass is 514 g/mol. The third-order valence-electron chi connectivity index (χ3n) is 4.98. The smallest absolute Gasteiger partial charge is 0.185 e. The lowest BCUT2D eigenvalue weighted by Crippen LogP contribution is -2.39. The van der Waals surface area contributed by atoms with Crippen LogP contribution < -0.4 is 4.90 Å². The second-order valence-electron chi connectivity index (χ2n) is 6.83. The molecule has 1 fully saturated rings. The molecule has 1 aliphatic heterocycles. The predicted octanol–water partition coefficient (Wildman–Crippen LogP) is 5.81. The van der Waals surface area contributed by atoms with Gasteiger partial charge in [-0.3, -0.25) is 0 Å². The summed E-state index contributed by atoms with van der Waals surface area (Å²) in [4.78, 5) is 7.05. The fourth-order valence-electron chi connectivity index (χ4n) is 3.39. The van der Waals surface area contributed by atoms with Gasteiger partial charge in [0.25, 0.3) is 0 Å². The van der Waals surface area contributed by atoms with Gasteiger partial charge in [0.05, 0.1) is 20.9 Å². The molecular formula is C20H17BrClFN2O2S2. The van der Waals surface area contributed by atoms with Crippen molar-refractivity contribution in [3.63, 3.8) is 0 Å². The number of thiazole rings is 1. The Kier molecular flexibility index (Phi) is 5.97. The van der Waals surface area contributed by atoms with E-state index in [1.807, 2.05) is 11.4 Å². The summed E-state index contributed by atoms with van der Waals surface area (Å²) < 4.78 is 40.3. The third-order valence-corrected chi connectivity index (χ3v) is 8.94. The normalized spacial score (nSPS) is 15.6. The molecule has 0 atom stereocenters. The van der Waals surface area contributed by atoms with E-state index in [2.05, 4.69) is 25.8 Å². The molecule has 0 saturated carbocycles. The van der Waals surface area contributed by atoms with Gasteiger partial charge in [0.2, 0.25) is 0 Å². The lowest BCUT2D eigenvalue weighted by molar-refractivity contribution is 0.529. The number of piperidine rings is 1. The van der Waals surface area contributed by atoms with Crippen LogP contribution in [0.3, 0.4) is 0 Å². The number of aromatic nitrogens is 1. The van der Waals surface area contributed by atoms with Gasteiger partial charge >= 0.3 is 0 Å². The van der Waals surface area contributed by atoms with E-state index in [-0.39, 0.29) is 5.02 Å². The maximum Gasteiger partial charge on any atom is 0.185 e. The zero-order valence-corrected chi connectivity index (χ0v) is 19.2. The number of sulfone groups is 1. The summed E-state index contributed by atoms with van der Waals surface area (Å²) in [7, 11) is -3.36. The second kappa shape index (κ2) is 8.34. The van der Waals surface area contributed by atoms with Crippen molar-refractivity contribution in [3.8, 4) is 11.3 Å².